The molecule has 0 unspecified atom stereocenters. The number of furan rings is 1. The van der Waals surface area contributed by atoms with Crippen LogP contribution in [0.5, 0.6) is 0 Å². The van der Waals surface area contributed by atoms with Crippen molar-refractivity contribution >= 4 is 27.6 Å². The first kappa shape index (κ1) is 8.11. The summed E-state index contributed by atoms with van der Waals surface area (Å²) in [5.41, 5.74) is 7.02. The zero-order chi connectivity index (χ0) is 10.4. The molecule has 0 spiro atoms. The monoisotopic (exact) mass is 201 g/mol. The lowest BCUT2D eigenvalue weighted by molar-refractivity contribution is 0.563. The molecule has 15 heavy (non-hydrogen) atoms. The van der Waals surface area contributed by atoms with Crippen LogP contribution in [0, 0.1) is 0 Å². The van der Waals surface area contributed by atoms with Gasteiger partial charge in [-0.15, -0.1) is 0 Å². The van der Waals surface area contributed by atoms with Crippen LogP contribution in [0.2, 0.25) is 0 Å². The molecular formula is C11H7NO3. The summed E-state index contributed by atoms with van der Waals surface area (Å²) in [5.74, 6) is 0. The van der Waals surface area contributed by atoms with E-state index in [1.807, 2.05) is 0 Å². The predicted octanol–water partition coefficient (Wildman–Crippen LogP) is 2.12. The van der Waals surface area contributed by atoms with Crippen LogP contribution in [0.15, 0.2) is 44.2 Å². The van der Waals surface area contributed by atoms with E-state index in [9.17, 15) is 4.79 Å². The Balaban J connectivity index is 2.67. The van der Waals surface area contributed by atoms with E-state index < -0.39 is 0 Å². The van der Waals surface area contributed by atoms with Gasteiger partial charge in [0, 0.05) is 11.5 Å². The van der Waals surface area contributed by atoms with Gasteiger partial charge in [-0.25, -0.2) is 4.79 Å². The maximum atomic E-state index is 11.1. The molecule has 0 atom stereocenters. The van der Waals surface area contributed by atoms with E-state index in [1.54, 1.807) is 18.2 Å². The predicted molar refractivity (Wildman–Crippen MR) is 56.7 cm³/mol. The van der Waals surface area contributed by atoms with Crippen LogP contribution in [0.1, 0.15) is 0 Å². The van der Waals surface area contributed by atoms with Gasteiger partial charge in [0.05, 0.1) is 17.3 Å². The quantitative estimate of drug-likeness (QED) is 0.446. The third-order valence-corrected chi connectivity index (χ3v) is 2.35. The SMILES string of the molecule is Nc1cc2ccc(=O)oc2c2ccoc12. The van der Waals surface area contributed by atoms with E-state index in [1.165, 1.54) is 12.3 Å². The minimum Gasteiger partial charge on any atom is -0.462 e. The van der Waals surface area contributed by atoms with Gasteiger partial charge >= 0.3 is 5.63 Å². The summed E-state index contributed by atoms with van der Waals surface area (Å²) in [4.78, 5) is 11.1. The molecule has 2 heterocycles. The molecule has 2 N–H and O–H groups in total. The molecule has 0 aliphatic heterocycles. The number of nitrogen functional groups attached to an aromatic ring is 1. The molecule has 2 aromatic heterocycles. The summed E-state index contributed by atoms with van der Waals surface area (Å²) < 4.78 is 10.3. The number of hydrogen-bond acceptors (Lipinski definition) is 4. The molecule has 0 amide bonds. The molecule has 4 heteroatoms. The lowest BCUT2D eigenvalue weighted by atomic mass is 10.1. The molecule has 4 nitrogen and oxygen atoms in total. The minimum atomic E-state index is -0.380. The van der Waals surface area contributed by atoms with Crippen molar-refractivity contribution in [1.29, 1.82) is 0 Å². The normalized spacial score (nSPS) is 11.2. The van der Waals surface area contributed by atoms with Crippen molar-refractivity contribution < 1.29 is 8.83 Å². The van der Waals surface area contributed by atoms with Gasteiger partial charge < -0.3 is 14.6 Å². The molecule has 0 fully saturated rings. The average Bonchev–Trinajstić information content (AvgIpc) is 2.69. The van der Waals surface area contributed by atoms with E-state index in [0.717, 1.165) is 10.8 Å². The standard InChI is InChI=1S/C11H7NO3/c12-8-5-6-1-2-9(13)15-10(6)7-3-4-14-11(7)8/h1-5H,12H2. The van der Waals surface area contributed by atoms with Crippen molar-refractivity contribution in [3.63, 3.8) is 0 Å². The molecule has 3 aromatic rings. The molecule has 0 aliphatic rings. The molecule has 0 bridgehead atoms. The molecule has 74 valence electrons. The van der Waals surface area contributed by atoms with Gasteiger partial charge in [0.15, 0.2) is 5.58 Å². The Hall–Kier alpha value is -2.23. The van der Waals surface area contributed by atoms with Crippen molar-refractivity contribution in [2.24, 2.45) is 0 Å². The molecule has 3 rings (SSSR count). The van der Waals surface area contributed by atoms with Crippen LogP contribution < -0.4 is 11.4 Å². The zero-order valence-corrected chi connectivity index (χ0v) is 7.69. The first-order chi connectivity index (χ1) is 7.25. The molecule has 0 aliphatic carbocycles. The third-order valence-electron chi connectivity index (χ3n) is 2.35. The van der Waals surface area contributed by atoms with Gasteiger partial charge in [-0.05, 0) is 18.2 Å². The highest BCUT2D eigenvalue weighted by Gasteiger charge is 2.09. The highest BCUT2D eigenvalue weighted by Crippen LogP contribution is 2.29. The smallest absolute Gasteiger partial charge is 0.336 e. The van der Waals surface area contributed by atoms with E-state index in [-0.39, 0.29) is 5.63 Å². The van der Waals surface area contributed by atoms with Crippen molar-refractivity contribution in [2.45, 2.75) is 0 Å². The van der Waals surface area contributed by atoms with Gasteiger partial charge in [-0.1, -0.05) is 0 Å². The summed E-state index contributed by atoms with van der Waals surface area (Å²) in [6, 6.07) is 6.51. The molecule has 0 saturated heterocycles. The number of nitrogens with two attached hydrogens (primary N) is 1. The highest BCUT2D eigenvalue weighted by atomic mass is 16.4. The number of rotatable bonds is 0. The van der Waals surface area contributed by atoms with Crippen LogP contribution in [-0.4, -0.2) is 0 Å². The summed E-state index contributed by atoms with van der Waals surface area (Å²) in [6.07, 6.45) is 1.52. The summed E-state index contributed by atoms with van der Waals surface area (Å²) in [5, 5.41) is 1.52. The third kappa shape index (κ3) is 1.05. The van der Waals surface area contributed by atoms with Gasteiger partial charge in [0.1, 0.15) is 5.58 Å². The maximum absolute atomic E-state index is 11.1. The summed E-state index contributed by atoms with van der Waals surface area (Å²) in [7, 11) is 0. The fourth-order valence-electron chi connectivity index (χ4n) is 1.70. The first-order valence-electron chi connectivity index (χ1n) is 4.45. The average molecular weight is 201 g/mol. The Labute approximate surface area is 83.9 Å². The first-order valence-corrected chi connectivity index (χ1v) is 4.45. The molecule has 0 saturated carbocycles. The van der Waals surface area contributed by atoms with Crippen LogP contribution in [0.4, 0.5) is 5.69 Å². The molecule has 0 radical (unpaired) electrons. The van der Waals surface area contributed by atoms with Gasteiger partial charge in [-0.3, -0.25) is 0 Å². The van der Waals surface area contributed by atoms with Crippen LogP contribution in [0.25, 0.3) is 21.9 Å². The Morgan fingerprint density at radius 2 is 2.00 bits per heavy atom. The van der Waals surface area contributed by atoms with Crippen molar-refractivity contribution in [3.8, 4) is 0 Å². The van der Waals surface area contributed by atoms with Gasteiger partial charge in [-0.2, -0.15) is 0 Å². The topological polar surface area (TPSA) is 69.4 Å². The van der Waals surface area contributed by atoms with Gasteiger partial charge in [0.2, 0.25) is 0 Å². The highest BCUT2D eigenvalue weighted by molar-refractivity contribution is 6.07. The minimum absolute atomic E-state index is 0.380. The molecular weight excluding hydrogens is 194 g/mol. The summed E-state index contributed by atoms with van der Waals surface area (Å²) >= 11 is 0. The fraction of sp³-hybridized carbons (Fsp3) is 0. The fourth-order valence-corrected chi connectivity index (χ4v) is 1.70. The largest absolute Gasteiger partial charge is 0.462 e. The van der Waals surface area contributed by atoms with Crippen LogP contribution in [-0.2, 0) is 0 Å². The zero-order valence-electron chi connectivity index (χ0n) is 7.69. The Kier molecular flexibility index (Phi) is 1.42. The van der Waals surface area contributed by atoms with E-state index in [4.69, 9.17) is 14.6 Å². The van der Waals surface area contributed by atoms with E-state index in [2.05, 4.69) is 0 Å². The molecule has 1 aromatic carbocycles. The van der Waals surface area contributed by atoms with Crippen molar-refractivity contribution in [3.05, 3.63) is 40.9 Å². The van der Waals surface area contributed by atoms with Crippen LogP contribution in [0.3, 0.4) is 0 Å². The maximum Gasteiger partial charge on any atom is 0.336 e. The van der Waals surface area contributed by atoms with Crippen LogP contribution >= 0.6 is 0 Å². The van der Waals surface area contributed by atoms with Crippen molar-refractivity contribution in [1.82, 2.24) is 0 Å². The Bertz CT molecular complexity index is 708. The van der Waals surface area contributed by atoms with Gasteiger partial charge in [0.25, 0.3) is 0 Å². The van der Waals surface area contributed by atoms with E-state index in [0.29, 0.717) is 16.9 Å². The lowest BCUT2D eigenvalue weighted by Crippen LogP contribution is -1.95. The summed E-state index contributed by atoms with van der Waals surface area (Å²) in [6.45, 7) is 0. The number of hydrogen-bond donors (Lipinski definition) is 1. The second-order valence-electron chi connectivity index (χ2n) is 3.30. The number of anilines is 1. The Morgan fingerprint density at radius 3 is 2.87 bits per heavy atom. The van der Waals surface area contributed by atoms with E-state index >= 15 is 0 Å². The number of benzene rings is 1. The second kappa shape index (κ2) is 2.63. The lowest BCUT2D eigenvalue weighted by Gasteiger charge is -1.99. The number of fused-ring (bicyclic) bond motifs is 3. The second-order valence-corrected chi connectivity index (χ2v) is 3.30. The Morgan fingerprint density at radius 1 is 1.13 bits per heavy atom. The van der Waals surface area contributed by atoms with Crippen molar-refractivity contribution in [2.75, 3.05) is 5.73 Å².